The molecule has 0 aromatic heterocycles. The van der Waals surface area contributed by atoms with E-state index in [-0.39, 0.29) is 29.9 Å². The van der Waals surface area contributed by atoms with E-state index < -0.39 is 15.6 Å². The highest BCUT2D eigenvalue weighted by Crippen LogP contribution is 2.10. The molecule has 0 spiro atoms. The van der Waals surface area contributed by atoms with Crippen LogP contribution in [0.1, 0.15) is 26.7 Å². The molecular formula is C17H35IN6O3S. The third kappa shape index (κ3) is 8.37. The zero-order valence-corrected chi connectivity index (χ0v) is 20.5. The summed E-state index contributed by atoms with van der Waals surface area (Å²) in [5.74, 6) is 0.987. The smallest absolute Gasteiger partial charge is 0.236 e. The van der Waals surface area contributed by atoms with Crippen molar-refractivity contribution in [3.8, 4) is 0 Å². The lowest BCUT2D eigenvalue weighted by molar-refractivity contribution is -0.131. The molecule has 2 aliphatic rings. The predicted octanol–water partition coefficient (Wildman–Crippen LogP) is -0.252. The number of nitrogens with one attached hydrogen (secondary N) is 2. The first-order valence-electron chi connectivity index (χ1n) is 9.54. The standard InChI is InChI=1S/C17H34N6O3S.HI/c1-17(2,20-27(4,25)26)14-19-16(18-3)23-11-9-21(10-12-23)13-15(24)22-7-5-6-8-22;/h20H,5-14H2,1-4H3,(H,18,19);1H. The number of piperazine rings is 1. The Bertz CT molecular complexity index is 641. The van der Waals surface area contributed by atoms with Gasteiger partial charge in [0, 0.05) is 58.4 Å². The molecule has 28 heavy (non-hydrogen) atoms. The third-order valence-electron chi connectivity index (χ3n) is 4.85. The fourth-order valence-electron chi connectivity index (χ4n) is 3.55. The Balaban J connectivity index is 0.00000392. The maximum absolute atomic E-state index is 12.3. The number of halogens is 1. The van der Waals surface area contributed by atoms with E-state index in [0.29, 0.717) is 13.1 Å². The summed E-state index contributed by atoms with van der Waals surface area (Å²) in [7, 11) is -1.55. The van der Waals surface area contributed by atoms with E-state index in [2.05, 4.69) is 24.8 Å². The molecule has 9 nitrogen and oxygen atoms in total. The molecule has 2 heterocycles. The summed E-state index contributed by atoms with van der Waals surface area (Å²) in [6.45, 7) is 9.56. The Labute approximate surface area is 186 Å². The SMILES string of the molecule is CN=C(NCC(C)(C)NS(C)(=O)=O)N1CCN(CC(=O)N2CCCC2)CC1.I. The second-order valence-corrected chi connectivity index (χ2v) is 9.76. The van der Waals surface area contributed by atoms with Crippen LogP contribution in [0.3, 0.4) is 0 Å². The Morgan fingerprint density at radius 3 is 2.11 bits per heavy atom. The van der Waals surface area contributed by atoms with Crippen molar-refractivity contribution in [3.63, 3.8) is 0 Å². The van der Waals surface area contributed by atoms with Gasteiger partial charge in [-0.1, -0.05) is 0 Å². The van der Waals surface area contributed by atoms with E-state index in [4.69, 9.17) is 0 Å². The zero-order chi connectivity index (χ0) is 20.1. The number of hydrogen-bond acceptors (Lipinski definition) is 5. The van der Waals surface area contributed by atoms with Gasteiger partial charge < -0.3 is 15.1 Å². The zero-order valence-electron chi connectivity index (χ0n) is 17.4. The van der Waals surface area contributed by atoms with Crippen LogP contribution in [0.25, 0.3) is 0 Å². The van der Waals surface area contributed by atoms with Gasteiger partial charge in [0.1, 0.15) is 0 Å². The largest absolute Gasteiger partial charge is 0.354 e. The molecule has 11 heteroatoms. The molecule has 2 aliphatic heterocycles. The van der Waals surface area contributed by atoms with Crippen LogP contribution in [-0.2, 0) is 14.8 Å². The summed E-state index contributed by atoms with van der Waals surface area (Å²) in [5.41, 5.74) is -0.618. The maximum Gasteiger partial charge on any atom is 0.236 e. The summed E-state index contributed by atoms with van der Waals surface area (Å²) in [6.07, 6.45) is 3.39. The van der Waals surface area contributed by atoms with Crippen LogP contribution in [0, 0.1) is 0 Å². The number of hydrogen-bond donors (Lipinski definition) is 2. The van der Waals surface area contributed by atoms with Crippen LogP contribution in [0.4, 0.5) is 0 Å². The van der Waals surface area contributed by atoms with E-state index in [1.165, 1.54) is 0 Å². The normalized spacial score (nSPS) is 19.5. The Hall–Kier alpha value is -0.660. The van der Waals surface area contributed by atoms with E-state index in [1.54, 1.807) is 7.05 Å². The van der Waals surface area contributed by atoms with Gasteiger partial charge in [-0.05, 0) is 26.7 Å². The van der Waals surface area contributed by atoms with Crippen LogP contribution in [0.5, 0.6) is 0 Å². The van der Waals surface area contributed by atoms with Crippen LogP contribution >= 0.6 is 24.0 Å². The van der Waals surface area contributed by atoms with Crippen LogP contribution in [0.15, 0.2) is 4.99 Å². The quantitative estimate of drug-likeness (QED) is 0.279. The Kier molecular flexibility index (Phi) is 9.90. The molecule has 0 atom stereocenters. The van der Waals surface area contributed by atoms with Gasteiger partial charge in [-0.3, -0.25) is 14.7 Å². The van der Waals surface area contributed by atoms with Gasteiger partial charge in [-0.15, -0.1) is 24.0 Å². The van der Waals surface area contributed by atoms with Crippen LogP contribution < -0.4 is 10.0 Å². The van der Waals surface area contributed by atoms with Crippen molar-refractivity contribution in [2.75, 3.05) is 65.7 Å². The Morgan fingerprint density at radius 1 is 1.04 bits per heavy atom. The van der Waals surface area contributed by atoms with Crippen molar-refractivity contribution in [1.82, 2.24) is 24.7 Å². The topological polar surface area (TPSA) is 97.3 Å². The summed E-state index contributed by atoms with van der Waals surface area (Å²) < 4.78 is 25.6. The minimum Gasteiger partial charge on any atom is -0.354 e. The lowest BCUT2D eigenvalue weighted by Crippen LogP contribution is -2.57. The maximum atomic E-state index is 12.3. The van der Waals surface area contributed by atoms with Crippen molar-refractivity contribution in [2.45, 2.75) is 32.2 Å². The first kappa shape index (κ1) is 25.4. The molecule has 0 aromatic rings. The number of sulfonamides is 1. The van der Waals surface area contributed by atoms with Gasteiger partial charge in [0.25, 0.3) is 0 Å². The molecule has 0 saturated carbocycles. The van der Waals surface area contributed by atoms with Crippen molar-refractivity contribution in [1.29, 1.82) is 0 Å². The fraction of sp³-hybridized carbons (Fsp3) is 0.882. The minimum absolute atomic E-state index is 0. The predicted molar refractivity (Wildman–Crippen MR) is 123 cm³/mol. The van der Waals surface area contributed by atoms with Gasteiger partial charge in [0.15, 0.2) is 5.96 Å². The van der Waals surface area contributed by atoms with E-state index >= 15 is 0 Å². The molecule has 164 valence electrons. The molecule has 2 rings (SSSR count). The molecule has 2 fully saturated rings. The summed E-state index contributed by atoms with van der Waals surface area (Å²) in [4.78, 5) is 22.9. The first-order valence-corrected chi connectivity index (χ1v) is 11.4. The van der Waals surface area contributed by atoms with Crippen molar-refractivity contribution >= 4 is 45.9 Å². The lowest BCUT2D eigenvalue weighted by Gasteiger charge is -2.37. The number of aliphatic imine (C=N–C) groups is 1. The van der Waals surface area contributed by atoms with Crippen molar-refractivity contribution in [2.24, 2.45) is 4.99 Å². The summed E-state index contributed by atoms with van der Waals surface area (Å²) in [5, 5.41) is 3.26. The number of amides is 1. The average molecular weight is 530 g/mol. The number of likely N-dealkylation sites (tertiary alicyclic amines) is 1. The van der Waals surface area contributed by atoms with Crippen LogP contribution in [0.2, 0.25) is 0 Å². The Morgan fingerprint density at radius 2 is 1.61 bits per heavy atom. The van der Waals surface area contributed by atoms with Gasteiger partial charge in [-0.2, -0.15) is 0 Å². The second-order valence-electron chi connectivity index (χ2n) is 8.01. The molecule has 0 aliphatic carbocycles. The molecule has 2 saturated heterocycles. The molecular weight excluding hydrogens is 495 g/mol. The van der Waals surface area contributed by atoms with Gasteiger partial charge in [0.05, 0.1) is 12.8 Å². The van der Waals surface area contributed by atoms with Gasteiger partial charge in [-0.25, -0.2) is 13.1 Å². The van der Waals surface area contributed by atoms with Crippen LogP contribution in [-0.4, -0.2) is 106 Å². The third-order valence-corrected chi connectivity index (χ3v) is 5.77. The summed E-state index contributed by atoms with van der Waals surface area (Å²) >= 11 is 0. The van der Waals surface area contributed by atoms with E-state index in [1.807, 2.05) is 18.7 Å². The number of guanidine groups is 1. The number of nitrogens with zero attached hydrogens (tertiary/aromatic N) is 4. The minimum atomic E-state index is -3.27. The molecule has 0 bridgehead atoms. The molecule has 0 unspecified atom stereocenters. The molecule has 0 radical (unpaired) electrons. The van der Waals surface area contributed by atoms with Gasteiger partial charge in [0.2, 0.25) is 15.9 Å². The van der Waals surface area contributed by atoms with E-state index in [0.717, 1.165) is 64.3 Å². The first-order chi connectivity index (χ1) is 12.6. The van der Waals surface area contributed by atoms with Crippen molar-refractivity contribution in [3.05, 3.63) is 0 Å². The lowest BCUT2D eigenvalue weighted by atomic mass is 10.1. The average Bonchev–Trinajstić information content (AvgIpc) is 3.09. The highest BCUT2D eigenvalue weighted by Gasteiger charge is 2.26. The van der Waals surface area contributed by atoms with E-state index in [9.17, 15) is 13.2 Å². The number of carbonyl (C=O) groups is 1. The number of carbonyl (C=O) groups excluding carboxylic acids is 1. The summed E-state index contributed by atoms with van der Waals surface area (Å²) in [6, 6.07) is 0. The second kappa shape index (κ2) is 10.9. The molecule has 1 amide bonds. The number of rotatable bonds is 6. The highest BCUT2D eigenvalue weighted by molar-refractivity contribution is 14.0. The monoisotopic (exact) mass is 530 g/mol. The van der Waals surface area contributed by atoms with Gasteiger partial charge >= 0.3 is 0 Å². The molecule has 0 aromatic carbocycles. The molecule has 2 N–H and O–H groups in total. The van der Waals surface area contributed by atoms with Crippen molar-refractivity contribution < 1.29 is 13.2 Å². The highest BCUT2D eigenvalue weighted by atomic mass is 127. The fourth-order valence-corrected chi connectivity index (χ4v) is 4.62.